The Hall–Kier alpha value is -1.09. The molecule has 0 amide bonds. The van der Waals surface area contributed by atoms with Crippen LogP contribution < -0.4 is 4.74 Å². The molecular weight excluding hydrogens is 274 g/mol. The minimum atomic E-state index is 0.104. The van der Waals surface area contributed by atoms with Crippen LogP contribution in [-0.2, 0) is 6.42 Å². The second-order valence-corrected chi connectivity index (χ2v) is 6.18. The van der Waals surface area contributed by atoms with E-state index in [9.17, 15) is 4.79 Å². The van der Waals surface area contributed by atoms with Gasteiger partial charge in [0, 0.05) is 6.42 Å². The van der Waals surface area contributed by atoms with E-state index in [1.807, 2.05) is 6.07 Å². The molecule has 0 radical (unpaired) electrons. The molecule has 1 aromatic heterocycles. The van der Waals surface area contributed by atoms with Crippen molar-refractivity contribution in [3.63, 3.8) is 0 Å². The fraction of sp³-hybridized carbons (Fsp3) is 0.625. The van der Waals surface area contributed by atoms with Gasteiger partial charge in [-0.1, -0.05) is 38.8 Å². The minimum Gasteiger partial charge on any atom is -0.490 e. The molecule has 1 unspecified atom stereocenters. The number of fused-ring (bicyclic) bond motifs is 1. The van der Waals surface area contributed by atoms with Gasteiger partial charge in [0.05, 0.1) is 6.61 Å². The van der Waals surface area contributed by atoms with Gasteiger partial charge in [-0.15, -0.1) is 0 Å². The van der Waals surface area contributed by atoms with Crippen LogP contribution >= 0.6 is 11.6 Å². The van der Waals surface area contributed by atoms with E-state index >= 15 is 0 Å². The lowest BCUT2D eigenvalue weighted by molar-refractivity contribution is 0.0927. The van der Waals surface area contributed by atoms with Crippen LogP contribution in [0.4, 0.5) is 0 Å². The Morgan fingerprint density at radius 3 is 2.85 bits per heavy atom. The molecule has 1 atom stereocenters. The molecule has 0 spiro atoms. The molecule has 0 aliphatic heterocycles. The zero-order chi connectivity index (χ0) is 14.7. The van der Waals surface area contributed by atoms with Crippen molar-refractivity contribution in [2.24, 2.45) is 11.8 Å². The van der Waals surface area contributed by atoms with Crippen LogP contribution in [0.5, 0.6) is 5.75 Å². The Labute approximate surface area is 125 Å². The Morgan fingerprint density at radius 1 is 1.45 bits per heavy atom. The summed E-state index contributed by atoms with van der Waals surface area (Å²) in [5.74, 6) is 1.59. The smallest absolute Gasteiger partial charge is 0.181 e. The molecule has 1 heterocycles. The van der Waals surface area contributed by atoms with Gasteiger partial charge in [-0.25, -0.2) is 4.98 Å². The van der Waals surface area contributed by atoms with Gasteiger partial charge in [0.2, 0.25) is 0 Å². The maximum Gasteiger partial charge on any atom is 0.181 e. The number of hydrogen-bond donors (Lipinski definition) is 0. The number of nitrogens with zero attached hydrogens (tertiary/aromatic N) is 1. The summed E-state index contributed by atoms with van der Waals surface area (Å²) < 4.78 is 5.67. The van der Waals surface area contributed by atoms with E-state index in [4.69, 9.17) is 16.3 Å². The molecule has 0 saturated carbocycles. The summed E-state index contributed by atoms with van der Waals surface area (Å²) >= 11 is 6.12. The van der Waals surface area contributed by atoms with E-state index in [0.29, 0.717) is 41.5 Å². The molecule has 110 valence electrons. The zero-order valence-corrected chi connectivity index (χ0v) is 13.2. The number of halogens is 1. The summed E-state index contributed by atoms with van der Waals surface area (Å²) in [5.41, 5.74) is 1.52. The van der Waals surface area contributed by atoms with Crippen molar-refractivity contribution < 1.29 is 9.53 Å². The first-order valence-corrected chi connectivity index (χ1v) is 7.76. The number of ether oxygens (including phenoxy) is 1. The molecule has 2 rings (SSSR count). The fourth-order valence-electron chi connectivity index (χ4n) is 2.50. The van der Waals surface area contributed by atoms with Crippen LogP contribution in [0, 0.1) is 11.8 Å². The highest BCUT2D eigenvalue weighted by molar-refractivity contribution is 6.31. The third kappa shape index (κ3) is 3.32. The summed E-state index contributed by atoms with van der Waals surface area (Å²) in [4.78, 5) is 16.4. The first kappa shape index (κ1) is 15.3. The van der Waals surface area contributed by atoms with Crippen LogP contribution in [0.1, 0.15) is 56.1 Å². The number of pyridine rings is 1. The van der Waals surface area contributed by atoms with Gasteiger partial charge in [0.15, 0.2) is 16.7 Å². The average molecular weight is 296 g/mol. The number of hydrogen-bond acceptors (Lipinski definition) is 3. The molecule has 1 aliphatic carbocycles. The highest BCUT2D eigenvalue weighted by atomic mass is 35.5. The van der Waals surface area contributed by atoms with Gasteiger partial charge in [-0.2, -0.15) is 0 Å². The van der Waals surface area contributed by atoms with Gasteiger partial charge in [-0.3, -0.25) is 4.79 Å². The molecule has 20 heavy (non-hydrogen) atoms. The highest BCUT2D eigenvalue weighted by Crippen LogP contribution is 2.34. The summed E-state index contributed by atoms with van der Waals surface area (Å²) in [7, 11) is 0. The molecule has 0 aromatic carbocycles. The molecule has 0 saturated heterocycles. The SMILES string of the molecule is CCCCOc1cc2c(nc1Cl)C(=O)CC(C(C)C)C2. The number of Topliss-reactive ketones (excluding diaryl/α,β-unsaturated/α-hetero) is 1. The normalized spacial score (nSPS) is 18.2. The van der Waals surface area contributed by atoms with Crippen LogP contribution in [0.3, 0.4) is 0 Å². The van der Waals surface area contributed by atoms with Gasteiger partial charge in [0.25, 0.3) is 0 Å². The van der Waals surface area contributed by atoms with Gasteiger partial charge >= 0.3 is 0 Å². The standard InChI is InChI=1S/C16H22ClNO2/c1-4-5-6-20-14-9-12-7-11(10(2)3)8-13(19)15(12)18-16(14)17/h9-11H,4-8H2,1-3H3. The van der Waals surface area contributed by atoms with E-state index in [1.54, 1.807) is 0 Å². The van der Waals surface area contributed by atoms with Crippen LogP contribution in [-0.4, -0.2) is 17.4 Å². The zero-order valence-electron chi connectivity index (χ0n) is 12.4. The molecule has 1 aromatic rings. The maximum atomic E-state index is 12.2. The molecule has 0 bridgehead atoms. The van der Waals surface area contributed by atoms with Crippen LogP contribution in [0.2, 0.25) is 5.15 Å². The molecule has 0 fully saturated rings. The molecule has 3 nitrogen and oxygen atoms in total. The van der Waals surface area contributed by atoms with Gasteiger partial charge in [-0.05, 0) is 36.3 Å². The van der Waals surface area contributed by atoms with E-state index in [2.05, 4.69) is 25.8 Å². The number of carbonyl (C=O) groups is 1. The minimum absolute atomic E-state index is 0.104. The Kier molecular flexibility index (Phi) is 5.03. The van der Waals surface area contributed by atoms with Crippen LogP contribution in [0.15, 0.2) is 6.07 Å². The molecule has 4 heteroatoms. The van der Waals surface area contributed by atoms with Crippen molar-refractivity contribution >= 4 is 17.4 Å². The first-order chi connectivity index (χ1) is 9.52. The largest absolute Gasteiger partial charge is 0.490 e. The summed E-state index contributed by atoms with van der Waals surface area (Å²) in [5, 5.41) is 0.302. The quantitative estimate of drug-likeness (QED) is 0.600. The highest BCUT2D eigenvalue weighted by Gasteiger charge is 2.29. The predicted molar refractivity (Wildman–Crippen MR) is 80.6 cm³/mol. The second kappa shape index (κ2) is 6.57. The Balaban J connectivity index is 2.24. The number of unbranched alkanes of at least 4 members (excludes halogenated alkanes) is 1. The maximum absolute atomic E-state index is 12.2. The summed E-state index contributed by atoms with van der Waals surface area (Å²) in [6, 6.07) is 1.91. The van der Waals surface area contributed by atoms with Crippen molar-refractivity contribution in [3.8, 4) is 5.75 Å². The Bertz CT molecular complexity index is 499. The average Bonchev–Trinajstić information content (AvgIpc) is 2.40. The van der Waals surface area contributed by atoms with Gasteiger partial charge < -0.3 is 4.74 Å². The molecular formula is C16H22ClNO2. The molecule has 0 N–H and O–H groups in total. The topological polar surface area (TPSA) is 39.2 Å². The van der Waals surface area contributed by atoms with Crippen molar-refractivity contribution in [2.75, 3.05) is 6.61 Å². The third-order valence-corrected chi connectivity index (χ3v) is 4.19. The lowest BCUT2D eigenvalue weighted by atomic mass is 9.79. The van der Waals surface area contributed by atoms with Crippen molar-refractivity contribution in [2.45, 2.75) is 46.5 Å². The lowest BCUT2D eigenvalue weighted by Gasteiger charge is -2.26. The van der Waals surface area contributed by atoms with E-state index in [-0.39, 0.29) is 5.78 Å². The number of ketones is 1. The fourth-order valence-corrected chi connectivity index (χ4v) is 2.69. The lowest BCUT2D eigenvalue weighted by Crippen LogP contribution is -2.25. The second-order valence-electron chi connectivity index (χ2n) is 5.82. The Morgan fingerprint density at radius 2 is 2.20 bits per heavy atom. The van der Waals surface area contributed by atoms with Crippen molar-refractivity contribution in [1.82, 2.24) is 4.98 Å². The summed E-state index contributed by atoms with van der Waals surface area (Å²) in [6.45, 7) is 7.07. The van der Waals surface area contributed by atoms with E-state index in [1.165, 1.54) is 0 Å². The van der Waals surface area contributed by atoms with Crippen LogP contribution in [0.25, 0.3) is 0 Å². The summed E-state index contributed by atoms with van der Waals surface area (Å²) in [6.07, 6.45) is 3.52. The third-order valence-electron chi connectivity index (χ3n) is 3.91. The number of aromatic nitrogens is 1. The molecule has 1 aliphatic rings. The number of carbonyl (C=O) groups excluding carboxylic acids is 1. The number of rotatable bonds is 5. The van der Waals surface area contributed by atoms with E-state index in [0.717, 1.165) is 24.8 Å². The predicted octanol–water partition coefficient (Wildman–Crippen LogP) is 4.32. The monoisotopic (exact) mass is 295 g/mol. The van der Waals surface area contributed by atoms with Crippen molar-refractivity contribution in [1.29, 1.82) is 0 Å². The van der Waals surface area contributed by atoms with E-state index < -0.39 is 0 Å². The first-order valence-electron chi connectivity index (χ1n) is 7.38. The van der Waals surface area contributed by atoms with Gasteiger partial charge in [0.1, 0.15) is 5.69 Å². The van der Waals surface area contributed by atoms with Crippen molar-refractivity contribution in [3.05, 3.63) is 22.5 Å².